The largest absolute Gasteiger partial charge is 0.351 e. The van der Waals surface area contributed by atoms with Gasteiger partial charge in [-0.15, -0.1) is 11.3 Å². The van der Waals surface area contributed by atoms with Crippen LogP contribution in [0.1, 0.15) is 46.7 Å². The molecule has 2 atom stereocenters. The van der Waals surface area contributed by atoms with Crippen molar-refractivity contribution in [1.29, 1.82) is 0 Å². The number of pyridine rings is 1. The van der Waals surface area contributed by atoms with E-state index in [4.69, 9.17) is 0 Å². The van der Waals surface area contributed by atoms with Gasteiger partial charge >= 0.3 is 0 Å². The number of anilines is 1. The molecule has 0 bridgehead atoms. The first-order valence-electron chi connectivity index (χ1n) is 10.1. The molecule has 3 N–H and O–H groups in total. The van der Waals surface area contributed by atoms with Gasteiger partial charge in [-0.25, -0.2) is 14.4 Å². The molecule has 0 radical (unpaired) electrons. The van der Waals surface area contributed by atoms with Gasteiger partial charge in [-0.1, -0.05) is 0 Å². The number of carbonyl (C=O) groups excluding carboxylic acids is 1. The Kier molecular flexibility index (Phi) is 6.19. The van der Waals surface area contributed by atoms with Crippen molar-refractivity contribution in [2.45, 2.75) is 32.7 Å². The molecule has 1 fully saturated rings. The van der Waals surface area contributed by atoms with E-state index >= 15 is 0 Å². The highest BCUT2D eigenvalue weighted by molar-refractivity contribution is 7.19. The van der Waals surface area contributed by atoms with Gasteiger partial charge in [-0.3, -0.25) is 9.78 Å². The van der Waals surface area contributed by atoms with E-state index in [1.54, 1.807) is 6.20 Å². The molecule has 3 aromatic rings. The van der Waals surface area contributed by atoms with Crippen LogP contribution in [-0.2, 0) is 0 Å². The van der Waals surface area contributed by atoms with Gasteiger partial charge in [0, 0.05) is 17.6 Å². The van der Waals surface area contributed by atoms with Crippen molar-refractivity contribution in [1.82, 2.24) is 25.6 Å². The fourth-order valence-electron chi connectivity index (χ4n) is 3.64. The summed E-state index contributed by atoms with van der Waals surface area (Å²) in [7, 11) is 0. The first kappa shape index (κ1) is 20.6. The first-order valence-corrected chi connectivity index (χ1v) is 11.0. The van der Waals surface area contributed by atoms with Crippen molar-refractivity contribution in [3.8, 4) is 0 Å². The molecule has 3 aromatic heterocycles. The second-order valence-electron chi connectivity index (χ2n) is 7.67. The summed E-state index contributed by atoms with van der Waals surface area (Å²) in [6.07, 6.45) is 4.86. The third kappa shape index (κ3) is 4.73. The molecular weight excluding hydrogens is 403 g/mol. The Morgan fingerprint density at radius 2 is 2.23 bits per heavy atom. The smallest absolute Gasteiger partial charge is 0.271 e. The topological polar surface area (TPSA) is 91.8 Å². The highest BCUT2D eigenvalue weighted by Crippen LogP contribution is 2.28. The fraction of sp³-hybridized carbons (Fsp3) is 0.429. The molecule has 1 amide bonds. The number of hydrogen-bond donors (Lipinski definition) is 3. The van der Waals surface area contributed by atoms with E-state index in [0.717, 1.165) is 47.2 Å². The van der Waals surface area contributed by atoms with Gasteiger partial charge in [-0.2, -0.15) is 0 Å². The number of amides is 1. The van der Waals surface area contributed by atoms with E-state index in [9.17, 15) is 9.18 Å². The lowest BCUT2D eigenvalue weighted by molar-refractivity contribution is 0.0948. The maximum absolute atomic E-state index is 13.5. The van der Waals surface area contributed by atoms with Crippen molar-refractivity contribution in [3.63, 3.8) is 0 Å². The molecule has 0 aliphatic carbocycles. The van der Waals surface area contributed by atoms with Crippen LogP contribution in [-0.4, -0.2) is 40.5 Å². The molecule has 158 valence electrons. The third-order valence-corrected chi connectivity index (χ3v) is 6.33. The van der Waals surface area contributed by atoms with Gasteiger partial charge in [0.1, 0.15) is 5.82 Å². The fourth-order valence-corrected chi connectivity index (χ4v) is 4.58. The standard InChI is InChI=1S/C21H25FN6OS/c1-12-7-17-19(30-12)18(20(29)25-6-4-14-3-5-23-9-14)28-21(27-17)26-13(2)15-8-16(22)11-24-10-15/h7-8,10-11,13-14,23H,3-6,9H2,1-2H3,(H,25,29)(H,26,27,28)/t13-,14-/m0/s1. The molecule has 30 heavy (non-hydrogen) atoms. The number of halogens is 1. The molecule has 1 aliphatic rings. The number of thiophene rings is 1. The van der Waals surface area contributed by atoms with Crippen LogP contribution in [0, 0.1) is 18.7 Å². The summed E-state index contributed by atoms with van der Waals surface area (Å²) < 4.78 is 14.3. The van der Waals surface area contributed by atoms with Crippen molar-refractivity contribution in [2.24, 2.45) is 5.92 Å². The van der Waals surface area contributed by atoms with Crippen molar-refractivity contribution < 1.29 is 9.18 Å². The van der Waals surface area contributed by atoms with E-state index in [0.29, 0.717) is 29.7 Å². The Bertz CT molecular complexity index is 1050. The Morgan fingerprint density at radius 1 is 1.37 bits per heavy atom. The third-order valence-electron chi connectivity index (χ3n) is 5.28. The van der Waals surface area contributed by atoms with Gasteiger partial charge in [0.15, 0.2) is 5.69 Å². The zero-order valence-electron chi connectivity index (χ0n) is 17.0. The van der Waals surface area contributed by atoms with Crippen molar-refractivity contribution >= 4 is 33.4 Å². The summed E-state index contributed by atoms with van der Waals surface area (Å²) in [5, 5.41) is 9.52. The quantitative estimate of drug-likeness (QED) is 0.534. The minimum atomic E-state index is -0.400. The maximum Gasteiger partial charge on any atom is 0.271 e. The Morgan fingerprint density at radius 3 is 3.00 bits per heavy atom. The minimum Gasteiger partial charge on any atom is -0.351 e. The van der Waals surface area contributed by atoms with Gasteiger partial charge in [0.2, 0.25) is 5.95 Å². The highest BCUT2D eigenvalue weighted by atomic mass is 32.1. The Labute approximate surface area is 178 Å². The maximum atomic E-state index is 13.5. The average molecular weight is 429 g/mol. The molecule has 9 heteroatoms. The normalized spacial score (nSPS) is 17.2. The zero-order valence-corrected chi connectivity index (χ0v) is 17.9. The summed E-state index contributed by atoms with van der Waals surface area (Å²) in [5.41, 5.74) is 1.77. The number of nitrogens with zero attached hydrogens (tertiary/aromatic N) is 3. The lowest BCUT2D eigenvalue weighted by atomic mass is 10.1. The van der Waals surface area contributed by atoms with E-state index in [1.807, 2.05) is 19.9 Å². The lowest BCUT2D eigenvalue weighted by Crippen LogP contribution is -2.27. The summed E-state index contributed by atoms with van der Waals surface area (Å²) in [5.74, 6) is 0.349. The zero-order chi connectivity index (χ0) is 21.1. The highest BCUT2D eigenvalue weighted by Gasteiger charge is 2.20. The monoisotopic (exact) mass is 428 g/mol. The predicted molar refractivity (Wildman–Crippen MR) is 116 cm³/mol. The summed E-state index contributed by atoms with van der Waals surface area (Å²) >= 11 is 1.51. The summed E-state index contributed by atoms with van der Waals surface area (Å²) in [4.78, 5) is 26.9. The van der Waals surface area contributed by atoms with Gasteiger partial charge in [-0.05, 0) is 63.4 Å². The van der Waals surface area contributed by atoms with Gasteiger partial charge in [0.05, 0.1) is 22.5 Å². The number of fused-ring (bicyclic) bond motifs is 1. The average Bonchev–Trinajstić information content (AvgIpc) is 3.36. The molecule has 0 saturated carbocycles. The van der Waals surface area contributed by atoms with Crippen LogP contribution in [0.15, 0.2) is 24.5 Å². The van der Waals surface area contributed by atoms with Gasteiger partial charge in [0.25, 0.3) is 5.91 Å². The van der Waals surface area contributed by atoms with Crippen LogP contribution in [0.4, 0.5) is 10.3 Å². The van der Waals surface area contributed by atoms with E-state index < -0.39 is 5.82 Å². The molecular formula is C21H25FN6OS. The molecule has 4 heterocycles. The van der Waals surface area contributed by atoms with Crippen molar-refractivity contribution in [2.75, 3.05) is 25.0 Å². The molecule has 1 aliphatic heterocycles. The molecule has 7 nitrogen and oxygen atoms in total. The van der Waals surface area contributed by atoms with Crippen LogP contribution >= 0.6 is 11.3 Å². The summed E-state index contributed by atoms with van der Waals surface area (Å²) in [6.45, 7) is 6.54. The van der Waals surface area contributed by atoms with E-state index in [1.165, 1.54) is 17.4 Å². The van der Waals surface area contributed by atoms with Crippen molar-refractivity contribution in [3.05, 3.63) is 46.5 Å². The number of aryl methyl sites for hydroxylation is 1. The second-order valence-corrected chi connectivity index (χ2v) is 8.93. The number of nitrogens with one attached hydrogen (secondary N) is 3. The number of carbonyl (C=O) groups is 1. The number of hydrogen-bond acceptors (Lipinski definition) is 7. The molecule has 0 spiro atoms. The van der Waals surface area contributed by atoms with E-state index in [-0.39, 0.29) is 11.9 Å². The molecule has 1 saturated heterocycles. The lowest BCUT2D eigenvalue weighted by Gasteiger charge is -2.15. The number of rotatable bonds is 7. The second kappa shape index (κ2) is 9.01. The van der Waals surface area contributed by atoms with Crippen LogP contribution in [0.3, 0.4) is 0 Å². The number of aromatic nitrogens is 3. The Balaban J connectivity index is 1.53. The van der Waals surface area contributed by atoms with Gasteiger partial charge < -0.3 is 16.0 Å². The molecule has 4 rings (SSSR count). The first-order chi connectivity index (χ1) is 14.5. The van der Waals surface area contributed by atoms with Crippen LogP contribution in [0.5, 0.6) is 0 Å². The van der Waals surface area contributed by atoms with Crippen LogP contribution in [0.2, 0.25) is 0 Å². The molecule has 0 aromatic carbocycles. The van der Waals surface area contributed by atoms with Crippen LogP contribution in [0.25, 0.3) is 10.2 Å². The van der Waals surface area contributed by atoms with Crippen LogP contribution < -0.4 is 16.0 Å². The Hall–Kier alpha value is -2.65. The molecule has 0 unspecified atom stereocenters. The SMILES string of the molecule is Cc1cc2nc(N[C@@H](C)c3cncc(F)c3)nc(C(=O)NCC[C@@H]3CCNC3)c2s1. The predicted octanol–water partition coefficient (Wildman–Crippen LogP) is 3.44. The minimum absolute atomic E-state index is 0.196. The summed E-state index contributed by atoms with van der Waals surface area (Å²) in [6, 6.07) is 3.10. The van der Waals surface area contributed by atoms with E-state index in [2.05, 4.69) is 30.9 Å².